The van der Waals surface area contributed by atoms with E-state index in [2.05, 4.69) is 88.4 Å². The fourth-order valence-electron chi connectivity index (χ4n) is 6.76. The molecule has 8 rings (SSSR count). The maximum atomic E-state index is 2.51. The van der Waals surface area contributed by atoms with Crippen molar-refractivity contribution in [3.63, 3.8) is 0 Å². The summed E-state index contributed by atoms with van der Waals surface area (Å²) < 4.78 is 0. The Labute approximate surface area is 175 Å². The first-order chi connectivity index (χ1) is 14.4. The van der Waals surface area contributed by atoms with Crippen LogP contribution in [-0.2, 0) is 10.8 Å². The van der Waals surface area contributed by atoms with Crippen molar-refractivity contribution < 1.29 is 0 Å². The zero-order chi connectivity index (χ0) is 20.2. The molecule has 0 amide bonds. The number of hydrogen-bond donors (Lipinski definition) is 0. The Kier molecular flexibility index (Phi) is 2.26. The first-order valence-electron chi connectivity index (χ1n) is 11.0. The van der Waals surface area contributed by atoms with E-state index in [1.165, 1.54) is 75.8 Å². The number of rotatable bonds is 0. The Morgan fingerprint density at radius 3 is 1.03 bits per heavy atom. The van der Waals surface area contributed by atoms with Crippen molar-refractivity contribution in [2.24, 2.45) is 0 Å². The van der Waals surface area contributed by atoms with E-state index in [0.717, 1.165) is 0 Å². The molecule has 0 aromatic heterocycles. The van der Waals surface area contributed by atoms with Gasteiger partial charge >= 0.3 is 0 Å². The molecule has 0 spiro atoms. The molecule has 0 heteroatoms. The van der Waals surface area contributed by atoms with E-state index in [1.807, 2.05) is 0 Å². The Bertz CT molecular complexity index is 1700. The average Bonchev–Trinajstić information content (AvgIpc) is 2.90. The van der Waals surface area contributed by atoms with Gasteiger partial charge in [-0.1, -0.05) is 76.2 Å². The third kappa shape index (κ3) is 1.37. The minimum atomic E-state index is 0.0952. The van der Waals surface area contributed by atoms with Crippen molar-refractivity contribution in [2.75, 3.05) is 0 Å². The van der Waals surface area contributed by atoms with Crippen LogP contribution < -0.4 is 0 Å². The van der Waals surface area contributed by atoms with Gasteiger partial charge in [0.2, 0.25) is 0 Å². The first-order valence-corrected chi connectivity index (χ1v) is 11.0. The van der Waals surface area contributed by atoms with E-state index in [0.29, 0.717) is 0 Å². The van der Waals surface area contributed by atoms with Gasteiger partial charge in [0, 0.05) is 0 Å². The minimum absolute atomic E-state index is 0.0952. The Morgan fingerprint density at radius 2 is 0.667 bits per heavy atom. The van der Waals surface area contributed by atoms with E-state index < -0.39 is 0 Å². The molecule has 1 aliphatic rings. The summed E-state index contributed by atoms with van der Waals surface area (Å²) in [5.74, 6) is 0. The molecule has 0 heterocycles. The van der Waals surface area contributed by atoms with Crippen LogP contribution in [0.4, 0.5) is 0 Å². The first kappa shape index (κ1) is 15.7. The van der Waals surface area contributed by atoms with Crippen LogP contribution in [0.25, 0.3) is 64.6 Å². The Morgan fingerprint density at radius 1 is 0.367 bits per heavy atom. The minimum Gasteiger partial charge on any atom is -0.0549 e. The SMILES string of the molecule is CC1(C)c2cc3ccc4ccc5ccc6ccc7cc(c2c2c3c4c5c6c72)C1(C)C. The number of benzene rings is 7. The second-order valence-electron chi connectivity index (χ2n) is 10.6. The lowest BCUT2D eigenvalue weighted by molar-refractivity contribution is 0.322. The molecule has 0 saturated carbocycles. The van der Waals surface area contributed by atoms with Gasteiger partial charge in [0.25, 0.3) is 0 Å². The standard InChI is InChI=1S/C30H22/c1-29(2)20-13-18-11-9-16-7-5-15-6-8-17-10-12-19-14-21(30(29,3)4)27(20)28-25(18)23(16)22(15)24(17)26(19)28/h5-14H,1-4H3. The van der Waals surface area contributed by atoms with Gasteiger partial charge in [0.15, 0.2) is 0 Å². The predicted molar refractivity (Wildman–Crippen MR) is 131 cm³/mol. The van der Waals surface area contributed by atoms with Crippen LogP contribution in [0.15, 0.2) is 60.7 Å². The summed E-state index contributed by atoms with van der Waals surface area (Å²) >= 11 is 0. The Balaban J connectivity index is 1.88. The number of hydrogen-bond acceptors (Lipinski definition) is 0. The van der Waals surface area contributed by atoms with Gasteiger partial charge in [0.1, 0.15) is 0 Å². The summed E-state index contributed by atoms with van der Waals surface area (Å²) in [5, 5.41) is 17.2. The molecule has 142 valence electrons. The molecule has 0 unspecified atom stereocenters. The van der Waals surface area contributed by atoms with E-state index in [9.17, 15) is 0 Å². The lowest BCUT2D eigenvalue weighted by Gasteiger charge is -2.37. The van der Waals surface area contributed by atoms with Gasteiger partial charge in [-0.15, -0.1) is 0 Å². The van der Waals surface area contributed by atoms with E-state index >= 15 is 0 Å². The fourth-order valence-corrected chi connectivity index (χ4v) is 6.76. The van der Waals surface area contributed by atoms with Crippen LogP contribution in [0.2, 0.25) is 0 Å². The topological polar surface area (TPSA) is 0 Å². The lowest BCUT2D eigenvalue weighted by Crippen LogP contribution is -2.35. The van der Waals surface area contributed by atoms with E-state index in [1.54, 1.807) is 0 Å². The van der Waals surface area contributed by atoms with Crippen molar-refractivity contribution in [3.8, 4) is 0 Å². The summed E-state index contributed by atoms with van der Waals surface area (Å²) in [6.07, 6.45) is 0. The molecular weight excluding hydrogens is 360 g/mol. The summed E-state index contributed by atoms with van der Waals surface area (Å²) in [5.41, 5.74) is 3.24. The van der Waals surface area contributed by atoms with Gasteiger partial charge in [-0.2, -0.15) is 0 Å². The molecule has 1 aliphatic carbocycles. The smallest absolute Gasteiger partial charge is 0.000534 e. The van der Waals surface area contributed by atoms with Gasteiger partial charge in [-0.25, -0.2) is 0 Å². The normalized spacial score (nSPS) is 17.9. The molecule has 0 fully saturated rings. The highest BCUT2D eigenvalue weighted by molar-refractivity contribution is 6.45. The molecule has 0 bridgehead atoms. The van der Waals surface area contributed by atoms with Gasteiger partial charge in [-0.3, -0.25) is 0 Å². The van der Waals surface area contributed by atoms with Crippen LogP contribution in [0.1, 0.15) is 38.8 Å². The monoisotopic (exact) mass is 382 g/mol. The summed E-state index contributed by atoms with van der Waals surface area (Å²) in [6.45, 7) is 9.75. The zero-order valence-electron chi connectivity index (χ0n) is 17.8. The van der Waals surface area contributed by atoms with Crippen molar-refractivity contribution in [1.82, 2.24) is 0 Å². The molecule has 0 N–H and O–H groups in total. The van der Waals surface area contributed by atoms with Crippen LogP contribution in [-0.4, -0.2) is 0 Å². The van der Waals surface area contributed by atoms with Gasteiger partial charge < -0.3 is 0 Å². The molecular formula is C30H22. The highest BCUT2D eigenvalue weighted by Gasteiger charge is 2.48. The Hall–Kier alpha value is -3.12. The second kappa shape index (κ2) is 4.32. The third-order valence-corrected chi connectivity index (χ3v) is 9.01. The van der Waals surface area contributed by atoms with Crippen molar-refractivity contribution in [2.45, 2.75) is 38.5 Å². The van der Waals surface area contributed by atoms with Crippen LogP contribution in [0.3, 0.4) is 0 Å². The molecule has 0 atom stereocenters. The summed E-state index contributed by atoms with van der Waals surface area (Å²) in [6, 6.07) is 23.6. The van der Waals surface area contributed by atoms with Crippen LogP contribution >= 0.6 is 0 Å². The molecule has 0 radical (unpaired) electrons. The quantitative estimate of drug-likeness (QED) is 0.182. The maximum absolute atomic E-state index is 2.51. The van der Waals surface area contributed by atoms with E-state index in [-0.39, 0.29) is 10.8 Å². The van der Waals surface area contributed by atoms with Crippen LogP contribution in [0.5, 0.6) is 0 Å². The predicted octanol–water partition coefficient (Wildman–Crippen LogP) is 8.49. The van der Waals surface area contributed by atoms with Crippen molar-refractivity contribution in [1.29, 1.82) is 0 Å². The summed E-state index contributed by atoms with van der Waals surface area (Å²) in [7, 11) is 0. The van der Waals surface area contributed by atoms with Gasteiger partial charge in [-0.05, 0) is 98.7 Å². The molecule has 7 aromatic rings. The lowest BCUT2D eigenvalue weighted by atomic mass is 9.66. The third-order valence-electron chi connectivity index (χ3n) is 9.01. The molecule has 0 nitrogen and oxygen atoms in total. The average molecular weight is 383 g/mol. The molecule has 0 aliphatic heterocycles. The molecule has 7 aromatic carbocycles. The second-order valence-corrected chi connectivity index (χ2v) is 10.6. The highest BCUT2D eigenvalue weighted by atomic mass is 14.5. The van der Waals surface area contributed by atoms with Gasteiger partial charge in [0.05, 0.1) is 0 Å². The van der Waals surface area contributed by atoms with Crippen LogP contribution in [0, 0.1) is 0 Å². The van der Waals surface area contributed by atoms with Crippen molar-refractivity contribution in [3.05, 3.63) is 71.8 Å². The summed E-state index contributed by atoms with van der Waals surface area (Å²) in [4.78, 5) is 0. The fraction of sp³-hybridized carbons (Fsp3) is 0.200. The largest absolute Gasteiger partial charge is 0.0549 e. The zero-order valence-corrected chi connectivity index (χ0v) is 17.8. The van der Waals surface area contributed by atoms with Crippen molar-refractivity contribution >= 4 is 64.6 Å². The van der Waals surface area contributed by atoms with E-state index in [4.69, 9.17) is 0 Å². The highest BCUT2D eigenvalue weighted by Crippen LogP contribution is 2.59. The maximum Gasteiger partial charge on any atom is -0.000534 e. The molecule has 30 heavy (non-hydrogen) atoms. The molecule has 0 saturated heterocycles.